The van der Waals surface area contributed by atoms with Gasteiger partial charge in [-0.2, -0.15) is 5.10 Å². The van der Waals surface area contributed by atoms with Crippen LogP contribution in [0.25, 0.3) is 11.3 Å². The smallest absolute Gasteiger partial charge is 0.227 e. The highest BCUT2D eigenvalue weighted by atomic mass is 16.5. The van der Waals surface area contributed by atoms with Gasteiger partial charge in [0.25, 0.3) is 0 Å². The van der Waals surface area contributed by atoms with E-state index in [1.54, 1.807) is 14.2 Å². The summed E-state index contributed by atoms with van der Waals surface area (Å²) < 4.78 is 18.3. The van der Waals surface area contributed by atoms with E-state index in [0.717, 1.165) is 53.1 Å². The number of nitrogens with zero attached hydrogens (tertiary/aromatic N) is 4. The average Bonchev–Trinajstić information content (AvgIpc) is 3.35. The number of rotatable bonds is 6. The van der Waals surface area contributed by atoms with E-state index in [2.05, 4.69) is 10.3 Å². The van der Waals surface area contributed by atoms with E-state index in [1.807, 2.05) is 54.9 Å². The number of ether oxygens (including phenoxy) is 2. The maximum atomic E-state index is 13.5. The molecule has 0 aliphatic carbocycles. The molecule has 0 unspecified atom stereocenters. The molecule has 1 saturated heterocycles. The Kier molecular flexibility index (Phi) is 6.21. The Bertz CT molecular complexity index is 1120. The van der Waals surface area contributed by atoms with Crippen LogP contribution in [0, 0.1) is 13.8 Å². The number of aromatic nitrogens is 3. The lowest BCUT2D eigenvalue weighted by Crippen LogP contribution is -2.40. The van der Waals surface area contributed by atoms with Gasteiger partial charge in [-0.3, -0.25) is 9.48 Å². The molecule has 0 bridgehead atoms. The fraction of sp³-hybridized carbons (Fsp3) is 0.458. The molecule has 0 saturated carbocycles. The van der Waals surface area contributed by atoms with E-state index in [1.165, 1.54) is 0 Å². The van der Waals surface area contributed by atoms with Gasteiger partial charge in [0, 0.05) is 24.7 Å². The molecule has 0 N–H and O–H groups in total. The monoisotopic (exact) mass is 438 g/mol. The van der Waals surface area contributed by atoms with E-state index in [4.69, 9.17) is 14.0 Å². The van der Waals surface area contributed by atoms with Crippen molar-refractivity contribution in [2.45, 2.75) is 45.6 Å². The number of benzene rings is 1. The molecule has 1 aliphatic rings. The van der Waals surface area contributed by atoms with Crippen molar-refractivity contribution in [2.75, 3.05) is 20.8 Å². The molecule has 2 aromatic heterocycles. The van der Waals surface area contributed by atoms with E-state index in [0.29, 0.717) is 18.0 Å². The first-order valence-corrected chi connectivity index (χ1v) is 10.9. The summed E-state index contributed by atoms with van der Waals surface area (Å²) in [6.07, 6.45) is 4.95. The molecule has 3 heterocycles. The molecule has 3 aromatic rings. The van der Waals surface area contributed by atoms with Gasteiger partial charge in [-0.1, -0.05) is 5.16 Å². The minimum atomic E-state index is -0.0832. The Morgan fingerprint density at radius 3 is 2.72 bits per heavy atom. The van der Waals surface area contributed by atoms with E-state index in [9.17, 15) is 4.79 Å². The Balaban J connectivity index is 1.67. The van der Waals surface area contributed by atoms with Crippen molar-refractivity contribution < 1.29 is 18.8 Å². The average molecular weight is 439 g/mol. The van der Waals surface area contributed by atoms with Gasteiger partial charge in [0.1, 0.15) is 11.5 Å². The second-order valence-corrected chi connectivity index (χ2v) is 8.24. The first-order valence-electron chi connectivity index (χ1n) is 10.9. The Labute approximate surface area is 188 Å². The van der Waals surface area contributed by atoms with Crippen molar-refractivity contribution in [3.05, 3.63) is 46.9 Å². The van der Waals surface area contributed by atoms with Crippen molar-refractivity contribution in [3.63, 3.8) is 0 Å². The number of carbonyl (C=O) groups excluding carboxylic acids is 1. The van der Waals surface area contributed by atoms with Crippen LogP contribution in [0.2, 0.25) is 0 Å². The van der Waals surface area contributed by atoms with Crippen LogP contribution in [0.3, 0.4) is 0 Å². The quantitative estimate of drug-likeness (QED) is 0.578. The van der Waals surface area contributed by atoms with Crippen molar-refractivity contribution in [2.24, 2.45) is 7.05 Å². The van der Waals surface area contributed by atoms with Crippen LogP contribution in [0.4, 0.5) is 0 Å². The third-order valence-corrected chi connectivity index (χ3v) is 6.35. The van der Waals surface area contributed by atoms with Crippen LogP contribution >= 0.6 is 0 Å². The van der Waals surface area contributed by atoms with Crippen LogP contribution in [0.15, 0.2) is 28.9 Å². The second kappa shape index (κ2) is 9.06. The number of amides is 1. The fourth-order valence-corrected chi connectivity index (χ4v) is 4.48. The number of hydrogen-bond acceptors (Lipinski definition) is 6. The minimum absolute atomic E-state index is 0.0545. The molecular formula is C24H30N4O4. The predicted octanol–water partition coefficient (Wildman–Crippen LogP) is 4.01. The number of carbonyl (C=O) groups is 1. The normalized spacial score (nSPS) is 16.3. The molecule has 170 valence electrons. The molecule has 0 radical (unpaired) electrons. The molecule has 1 fully saturated rings. The molecule has 1 atom stereocenters. The summed E-state index contributed by atoms with van der Waals surface area (Å²) in [4.78, 5) is 15.5. The summed E-state index contributed by atoms with van der Waals surface area (Å²) in [5.41, 5.74) is 4.54. The van der Waals surface area contributed by atoms with Gasteiger partial charge in [-0.15, -0.1) is 0 Å². The highest BCUT2D eigenvalue weighted by Crippen LogP contribution is 2.38. The lowest BCUT2D eigenvalue weighted by atomic mass is 9.94. The SMILES string of the molecule is COc1ccc(OC)c(CC(=O)N2CCCC[C@@H]2c2c(-c3onc(C)c3C)cnn2C)c1. The summed E-state index contributed by atoms with van der Waals surface area (Å²) in [5, 5.41) is 8.62. The summed E-state index contributed by atoms with van der Waals surface area (Å²) in [6, 6.07) is 5.45. The third kappa shape index (κ3) is 3.97. The number of aryl methyl sites for hydroxylation is 2. The minimum Gasteiger partial charge on any atom is -0.497 e. The van der Waals surface area contributed by atoms with Crippen LogP contribution in [0.5, 0.6) is 11.5 Å². The van der Waals surface area contributed by atoms with Gasteiger partial charge in [-0.05, 0) is 51.3 Å². The molecule has 8 heteroatoms. The van der Waals surface area contributed by atoms with Gasteiger partial charge < -0.3 is 18.9 Å². The topological polar surface area (TPSA) is 82.6 Å². The zero-order valence-corrected chi connectivity index (χ0v) is 19.3. The van der Waals surface area contributed by atoms with Gasteiger partial charge in [0.2, 0.25) is 5.91 Å². The molecule has 8 nitrogen and oxygen atoms in total. The summed E-state index contributed by atoms with van der Waals surface area (Å²) in [7, 11) is 5.15. The maximum absolute atomic E-state index is 13.5. The number of hydrogen-bond donors (Lipinski definition) is 0. The zero-order chi connectivity index (χ0) is 22.8. The third-order valence-electron chi connectivity index (χ3n) is 6.35. The van der Waals surface area contributed by atoms with Crippen LogP contribution in [-0.2, 0) is 18.3 Å². The lowest BCUT2D eigenvalue weighted by Gasteiger charge is -2.36. The van der Waals surface area contributed by atoms with E-state index < -0.39 is 0 Å². The molecule has 0 spiro atoms. The number of likely N-dealkylation sites (tertiary alicyclic amines) is 1. The lowest BCUT2D eigenvalue weighted by molar-refractivity contribution is -0.134. The first kappa shape index (κ1) is 21.9. The van der Waals surface area contributed by atoms with Gasteiger partial charge in [0.15, 0.2) is 5.76 Å². The van der Waals surface area contributed by atoms with Gasteiger partial charge in [0.05, 0.1) is 49.8 Å². The van der Waals surface area contributed by atoms with Crippen molar-refractivity contribution in [1.29, 1.82) is 0 Å². The summed E-state index contributed by atoms with van der Waals surface area (Å²) >= 11 is 0. The molecule has 1 aromatic carbocycles. The Morgan fingerprint density at radius 1 is 1.22 bits per heavy atom. The standard InChI is InChI=1S/C24H30N4O4/c1-15-16(2)26-32-24(15)19-14-25-27(3)23(19)20-8-6-7-11-28(20)22(29)13-17-12-18(30-4)9-10-21(17)31-5/h9-10,12,14,20H,6-8,11,13H2,1-5H3/t20-/m1/s1. The summed E-state index contributed by atoms with van der Waals surface area (Å²) in [6.45, 7) is 4.63. The van der Waals surface area contributed by atoms with Crippen molar-refractivity contribution in [3.8, 4) is 22.8 Å². The highest BCUT2D eigenvalue weighted by molar-refractivity contribution is 5.80. The largest absolute Gasteiger partial charge is 0.497 e. The van der Waals surface area contributed by atoms with Crippen LogP contribution in [-0.4, -0.2) is 46.5 Å². The fourth-order valence-electron chi connectivity index (χ4n) is 4.48. The molecule has 1 aliphatic heterocycles. The molecule has 1 amide bonds. The Hall–Kier alpha value is -3.29. The molecular weight excluding hydrogens is 408 g/mol. The van der Waals surface area contributed by atoms with E-state index in [-0.39, 0.29) is 18.4 Å². The van der Waals surface area contributed by atoms with Gasteiger partial charge in [-0.25, -0.2) is 0 Å². The maximum Gasteiger partial charge on any atom is 0.227 e. The molecule has 32 heavy (non-hydrogen) atoms. The van der Waals surface area contributed by atoms with Crippen LogP contribution in [0.1, 0.15) is 47.8 Å². The van der Waals surface area contributed by atoms with Crippen LogP contribution < -0.4 is 9.47 Å². The highest BCUT2D eigenvalue weighted by Gasteiger charge is 2.33. The van der Waals surface area contributed by atoms with E-state index >= 15 is 0 Å². The van der Waals surface area contributed by atoms with Gasteiger partial charge >= 0.3 is 0 Å². The predicted molar refractivity (Wildman–Crippen MR) is 120 cm³/mol. The first-order chi connectivity index (χ1) is 15.4. The Morgan fingerprint density at radius 2 is 2.03 bits per heavy atom. The second-order valence-electron chi connectivity index (χ2n) is 8.24. The number of piperidine rings is 1. The number of methoxy groups -OCH3 is 2. The zero-order valence-electron chi connectivity index (χ0n) is 19.3. The van der Waals surface area contributed by atoms with Crippen molar-refractivity contribution in [1.82, 2.24) is 19.8 Å². The summed E-state index contributed by atoms with van der Waals surface area (Å²) in [5.74, 6) is 2.16. The van der Waals surface area contributed by atoms with Crippen molar-refractivity contribution >= 4 is 5.91 Å². The molecule has 4 rings (SSSR count).